The van der Waals surface area contributed by atoms with Gasteiger partial charge in [0.2, 0.25) is 0 Å². The zero-order chi connectivity index (χ0) is 88.4. The number of nitrogens with zero attached hydrogens (tertiary/aromatic N) is 3. The molecule has 0 radical (unpaired) electrons. The Kier molecular flexibility index (Phi) is 32.3. The number of nitrogens with one attached hydrogen (secondary N) is 5. The number of alkyl carbamates (subject to hydrolysis) is 5. The van der Waals surface area contributed by atoms with E-state index in [1.54, 1.807) is 0 Å². The zero-order valence-electron chi connectivity index (χ0n) is 75.2. The first-order valence-electron chi connectivity index (χ1n) is 42.0. The first-order valence-corrected chi connectivity index (χ1v) is 56.5. The molecular weight excluding hydrogens is 1620 g/mol. The fraction of sp³-hybridized carbons (Fsp3) is 0.663. The molecule has 666 valence electrons. The highest BCUT2D eigenvalue weighted by Gasteiger charge is 2.62. The SMILES string of the molecule is CC(C)(C)[Si](C)(C)OC[C@H]1[C@H](O[C@@H]2[C@H]3OC(=O)N[C@@H]3C[C@H](NC(=O)OCc3ccccc3)[C@H]2O[C@H]2O[C@H](CN=[N+]=[N-])C[C@H](O[Si](C)(C)C(C)(C)C)[C@H]2NC(=O)OCc2ccccc2)O[C@@H](O[Si](C)(C)C(C)(C)C)[C@H]1O[C@H]1O[C@@H](CNC(=O)OCc2ccccc2)[C@@H](O[Si](C)(C)C(C)(C)C)[C@H](O[Si](C)(C)C(C)(C)C)[C@H]1NC(=O)OCc1ccccc1. The quantitative estimate of drug-likeness (QED) is 0.00997. The number of amides is 5. The first kappa shape index (κ1) is 97.0. The van der Waals surface area contributed by atoms with E-state index in [2.05, 4.69) is 206 Å². The van der Waals surface area contributed by atoms with Crippen molar-refractivity contribution in [3.8, 4) is 0 Å². The molecule has 4 heterocycles. The molecule has 5 amide bonds. The van der Waals surface area contributed by atoms with Gasteiger partial charge in [0, 0.05) is 24.5 Å². The maximum absolute atomic E-state index is 15.2. The minimum Gasteiger partial charge on any atom is -0.445 e. The van der Waals surface area contributed by atoms with Gasteiger partial charge in [-0.15, -0.1) is 0 Å². The van der Waals surface area contributed by atoms with Gasteiger partial charge in [-0.25, -0.2) is 24.0 Å². The second-order valence-corrected chi connectivity index (χ2v) is 63.6. The summed E-state index contributed by atoms with van der Waals surface area (Å²) < 4.78 is 113. The molecule has 29 nitrogen and oxygen atoms in total. The van der Waals surface area contributed by atoms with E-state index in [9.17, 15) is 24.7 Å². The molecule has 34 heteroatoms. The van der Waals surface area contributed by atoms with Crippen molar-refractivity contribution in [1.82, 2.24) is 26.6 Å². The summed E-state index contributed by atoms with van der Waals surface area (Å²) in [6.45, 7) is 51.8. The van der Waals surface area contributed by atoms with Crippen LogP contribution >= 0.6 is 0 Å². The van der Waals surface area contributed by atoms with E-state index in [-0.39, 0.29) is 69.0 Å². The van der Waals surface area contributed by atoms with Crippen LogP contribution in [-0.4, -0.2) is 196 Å². The molecule has 4 aromatic rings. The molecule has 1 aliphatic carbocycles. The molecule has 4 saturated heterocycles. The Hall–Kier alpha value is -6.82. The van der Waals surface area contributed by atoms with Crippen molar-refractivity contribution in [3.63, 3.8) is 0 Å². The van der Waals surface area contributed by atoms with Gasteiger partial charge in [0.1, 0.15) is 69.0 Å². The topological polar surface area (TPSA) is 342 Å². The van der Waals surface area contributed by atoms with E-state index >= 15 is 4.79 Å². The first-order chi connectivity index (χ1) is 55.9. The number of carbonyl (C=O) groups excluding carboxylic acids is 5. The number of hydrogen-bond donors (Lipinski definition) is 5. The van der Waals surface area contributed by atoms with E-state index in [0.717, 1.165) is 16.7 Å². The van der Waals surface area contributed by atoms with Crippen molar-refractivity contribution in [2.45, 2.75) is 338 Å². The molecule has 0 bridgehead atoms. The van der Waals surface area contributed by atoms with Crippen molar-refractivity contribution in [1.29, 1.82) is 0 Å². The summed E-state index contributed by atoms with van der Waals surface area (Å²) in [5, 5.41) is 17.3. The highest BCUT2D eigenvalue weighted by atomic mass is 28.4. The van der Waals surface area contributed by atoms with E-state index in [1.807, 2.05) is 121 Å². The maximum Gasteiger partial charge on any atom is 0.407 e. The number of azide groups is 1. The van der Waals surface area contributed by atoms with Gasteiger partial charge in [0.15, 0.2) is 72.9 Å². The van der Waals surface area contributed by atoms with Crippen molar-refractivity contribution in [3.05, 3.63) is 154 Å². The van der Waals surface area contributed by atoms with Crippen LogP contribution in [0, 0.1) is 5.92 Å². The Morgan fingerprint density at radius 1 is 0.458 bits per heavy atom. The minimum absolute atomic E-state index is 0.0300. The summed E-state index contributed by atoms with van der Waals surface area (Å²) in [5.41, 5.74) is 12.8. The highest BCUT2D eigenvalue weighted by molar-refractivity contribution is 6.76. The van der Waals surface area contributed by atoms with Crippen LogP contribution in [0.5, 0.6) is 0 Å². The van der Waals surface area contributed by atoms with E-state index < -0.39 is 197 Å². The van der Waals surface area contributed by atoms with Gasteiger partial charge in [0.25, 0.3) is 0 Å². The second kappa shape index (κ2) is 40.0. The second-order valence-electron chi connectivity index (χ2n) is 39.8. The third kappa shape index (κ3) is 25.7. The minimum atomic E-state index is -3.08. The van der Waals surface area contributed by atoms with Crippen LogP contribution in [0.1, 0.15) is 139 Å². The summed E-state index contributed by atoms with van der Waals surface area (Å²) in [6.07, 6.45) is -20.4. The summed E-state index contributed by atoms with van der Waals surface area (Å²) in [4.78, 5) is 76.3. The average Bonchev–Trinajstić information content (AvgIpc) is 1.73. The van der Waals surface area contributed by atoms with Crippen molar-refractivity contribution in [2.24, 2.45) is 11.0 Å². The van der Waals surface area contributed by atoms with Crippen LogP contribution in [0.2, 0.25) is 90.7 Å². The highest BCUT2D eigenvalue weighted by Crippen LogP contribution is 2.49. The van der Waals surface area contributed by atoms with Gasteiger partial charge >= 0.3 is 30.5 Å². The van der Waals surface area contributed by atoms with Crippen molar-refractivity contribution >= 4 is 72.1 Å². The maximum atomic E-state index is 15.2. The Bertz CT molecular complexity index is 4050. The zero-order valence-corrected chi connectivity index (χ0v) is 80.2. The molecule has 0 aromatic heterocycles. The molecule has 5 aliphatic rings. The van der Waals surface area contributed by atoms with Gasteiger partial charge in [-0.2, -0.15) is 0 Å². The van der Waals surface area contributed by atoms with Crippen molar-refractivity contribution in [2.75, 3.05) is 19.7 Å². The molecule has 1 saturated carbocycles. The van der Waals surface area contributed by atoms with E-state index in [1.165, 1.54) is 0 Å². The van der Waals surface area contributed by atoms with Crippen molar-refractivity contribution < 1.29 is 98.2 Å². The lowest BCUT2D eigenvalue weighted by atomic mass is 9.83. The molecule has 0 spiro atoms. The van der Waals surface area contributed by atoms with Gasteiger partial charge in [-0.1, -0.05) is 230 Å². The third-order valence-corrected chi connectivity index (χ3v) is 48.1. The largest absolute Gasteiger partial charge is 0.445 e. The smallest absolute Gasteiger partial charge is 0.407 e. The lowest BCUT2D eigenvalue weighted by molar-refractivity contribution is -0.297. The number of rotatable bonds is 32. The number of carbonyl (C=O) groups is 5. The predicted octanol–water partition coefficient (Wildman–Crippen LogP) is 17.5. The molecule has 5 fully saturated rings. The van der Waals surface area contributed by atoms with Gasteiger partial charge in [-0.3, -0.25) is 0 Å². The van der Waals surface area contributed by atoms with E-state index in [0.29, 0.717) is 5.56 Å². The number of benzene rings is 4. The van der Waals surface area contributed by atoms with Crippen LogP contribution in [-0.2, 0) is 101 Å². The van der Waals surface area contributed by atoms with Gasteiger partial charge in [0.05, 0.1) is 42.9 Å². The normalized spacial score (nSPS) is 27.2. The summed E-state index contributed by atoms with van der Waals surface area (Å²) in [6, 6.07) is 32.4. The molecule has 4 aliphatic heterocycles. The third-order valence-electron chi connectivity index (χ3n) is 25.7. The Morgan fingerprint density at radius 3 is 1.33 bits per heavy atom. The average molecular weight is 1760 g/mol. The van der Waals surface area contributed by atoms with Crippen LogP contribution in [0.25, 0.3) is 10.4 Å². The Morgan fingerprint density at radius 2 is 0.867 bits per heavy atom. The molecule has 5 N–H and O–H groups in total. The molecule has 0 unspecified atom stereocenters. The lowest BCUT2D eigenvalue weighted by Gasteiger charge is -2.53. The monoisotopic (exact) mass is 1760 g/mol. The molecule has 9 rings (SSSR count). The molecular formula is C86H136N8O21Si5. The predicted molar refractivity (Wildman–Crippen MR) is 467 cm³/mol. The number of fused-ring (bicyclic) bond motifs is 1. The Balaban J connectivity index is 1.24. The van der Waals surface area contributed by atoms with Gasteiger partial charge in [-0.05, 0) is 125 Å². The fourth-order valence-corrected chi connectivity index (χ4v) is 19.5. The molecule has 4 aromatic carbocycles. The van der Waals surface area contributed by atoms with Gasteiger partial charge < -0.3 is 101 Å². The van der Waals surface area contributed by atoms with Crippen LogP contribution in [0.15, 0.2) is 126 Å². The van der Waals surface area contributed by atoms with Crippen LogP contribution in [0.4, 0.5) is 24.0 Å². The summed E-state index contributed by atoms with van der Waals surface area (Å²) in [7, 11) is -14.7. The van der Waals surface area contributed by atoms with E-state index in [4.69, 9.17) is 74.2 Å². The molecule has 18 atom stereocenters. The summed E-state index contributed by atoms with van der Waals surface area (Å²) >= 11 is 0. The fourth-order valence-electron chi connectivity index (χ4n) is 13.4. The van der Waals surface area contributed by atoms with Crippen LogP contribution < -0.4 is 26.6 Å². The number of ether oxygens (including phenoxy) is 11. The standard InChI is InChI=1S/C86H136N8O21Si5/c1-82(2,3)116(16,17)104-54-60-67(107-75-66(93-80(98)103-53-58-44-36-29-37-45-58)71(114-119(22,23)85(10,11)12)70(113-118(20,21)84(7,8)9)64(106-75)49-88-77(95)100-50-55-38-30-26-31-39-55)76(115-120(24,25)86(13,14)15)111-73(60)109-72-68(61(47-62-69(72)110-81(99)91-62)90-78(96)101-51-56-40-32-27-33-41-56)108-74-65(92-79(97)102-52-57-42-34-28-35-43-57)63(46-59(105-74)48-89-94-87)112-117(18,19)83(4,5)6/h26-45,59-76H,46-54H2,1-25H3,(H,88,95)(H,90,96)(H,91,99)(H,92,97)(H,93,98)/t59-,60+,61-,62+,63-,64-,65+,66+,67-,68+,69-,70+,71+,72-,73+,74+,75+,76-/m0/s1. The summed E-state index contributed by atoms with van der Waals surface area (Å²) in [5.74, 6) is -1.07. The molecule has 120 heavy (non-hydrogen) atoms. The lowest BCUT2D eigenvalue weighted by Crippen LogP contribution is -2.71. The van der Waals surface area contributed by atoms with Crippen LogP contribution in [0.3, 0.4) is 0 Å². The Labute approximate surface area is 715 Å². The number of hydrogen-bond acceptors (Lipinski definition) is 22.